The Labute approximate surface area is 62.6 Å². The molecule has 57 valence electrons. The number of nitrogens with one attached hydrogen (secondary N) is 1. The van der Waals surface area contributed by atoms with Crippen molar-refractivity contribution in [2.75, 3.05) is 26.7 Å². The van der Waals surface area contributed by atoms with Crippen molar-refractivity contribution in [2.45, 2.75) is 12.8 Å². The summed E-state index contributed by atoms with van der Waals surface area (Å²) in [6.45, 7) is 6.07. The summed E-state index contributed by atoms with van der Waals surface area (Å²) in [5.41, 5.74) is 0.604. The van der Waals surface area contributed by atoms with E-state index in [9.17, 15) is 0 Å². The van der Waals surface area contributed by atoms with Gasteiger partial charge in [-0.3, -0.25) is 0 Å². The molecule has 0 aromatic heterocycles. The standard InChI is InChI=1S/C8H15N2/c1-10-4-2-8(3-5-10)6-9-7-8/h6,9H,2-5,7H2,1H3. The second-order valence-corrected chi connectivity index (χ2v) is 3.69. The minimum absolute atomic E-state index is 0.604. The van der Waals surface area contributed by atoms with Crippen LogP contribution in [0, 0.1) is 12.0 Å². The van der Waals surface area contributed by atoms with Crippen molar-refractivity contribution >= 4 is 0 Å². The summed E-state index contributed by atoms with van der Waals surface area (Å²) in [5, 5.41) is 3.24. The Bertz CT molecular complexity index is 119. The molecule has 0 atom stereocenters. The number of piperidine rings is 1. The lowest BCUT2D eigenvalue weighted by Crippen LogP contribution is -2.53. The predicted octanol–water partition coefficient (Wildman–Crippen LogP) is 0.463. The first kappa shape index (κ1) is 6.62. The minimum Gasteiger partial charge on any atom is -0.311 e. The van der Waals surface area contributed by atoms with Gasteiger partial charge in [-0.15, -0.1) is 0 Å². The van der Waals surface area contributed by atoms with Crippen molar-refractivity contribution in [1.82, 2.24) is 10.2 Å². The van der Waals surface area contributed by atoms with Crippen LogP contribution in [0.15, 0.2) is 0 Å². The maximum Gasteiger partial charge on any atom is 0.0296 e. The summed E-state index contributed by atoms with van der Waals surface area (Å²) < 4.78 is 0. The number of nitrogens with zero attached hydrogens (tertiary/aromatic N) is 1. The van der Waals surface area contributed by atoms with Crippen molar-refractivity contribution < 1.29 is 0 Å². The Hall–Kier alpha value is -0.0800. The molecule has 1 radical (unpaired) electrons. The van der Waals surface area contributed by atoms with Crippen LogP contribution in [-0.4, -0.2) is 31.6 Å². The fourth-order valence-corrected chi connectivity index (χ4v) is 1.78. The van der Waals surface area contributed by atoms with Crippen LogP contribution in [0.1, 0.15) is 12.8 Å². The summed E-state index contributed by atoms with van der Waals surface area (Å²) in [5.74, 6) is 0. The number of likely N-dealkylation sites (tertiary alicyclic amines) is 1. The maximum absolute atomic E-state index is 3.24. The molecule has 0 aromatic carbocycles. The fourth-order valence-electron chi connectivity index (χ4n) is 1.78. The Morgan fingerprint density at radius 3 is 2.40 bits per heavy atom. The van der Waals surface area contributed by atoms with Gasteiger partial charge in [0.15, 0.2) is 0 Å². The highest BCUT2D eigenvalue weighted by Crippen LogP contribution is 2.37. The van der Waals surface area contributed by atoms with E-state index in [-0.39, 0.29) is 0 Å². The molecular weight excluding hydrogens is 124 g/mol. The van der Waals surface area contributed by atoms with E-state index >= 15 is 0 Å². The number of rotatable bonds is 0. The normalized spacial score (nSPS) is 32.1. The van der Waals surface area contributed by atoms with Gasteiger partial charge in [0.25, 0.3) is 0 Å². The van der Waals surface area contributed by atoms with E-state index in [0.717, 1.165) is 0 Å². The largest absolute Gasteiger partial charge is 0.311 e. The molecule has 0 bridgehead atoms. The van der Waals surface area contributed by atoms with Crippen molar-refractivity contribution in [1.29, 1.82) is 0 Å². The first-order valence-corrected chi connectivity index (χ1v) is 4.07. The lowest BCUT2D eigenvalue weighted by Gasteiger charge is -2.47. The first-order valence-electron chi connectivity index (χ1n) is 4.07. The van der Waals surface area contributed by atoms with Gasteiger partial charge in [0.05, 0.1) is 0 Å². The molecule has 2 aliphatic rings. The van der Waals surface area contributed by atoms with Gasteiger partial charge < -0.3 is 10.2 Å². The SMILES string of the molecule is CN1CCC2([CH]NC2)CC1. The maximum atomic E-state index is 3.24. The molecule has 0 amide bonds. The van der Waals surface area contributed by atoms with Crippen molar-refractivity contribution in [2.24, 2.45) is 5.41 Å². The molecule has 2 fully saturated rings. The van der Waals surface area contributed by atoms with Crippen molar-refractivity contribution in [3.8, 4) is 0 Å². The highest BCUT2D eigenvalue weighted by atomic mass is 15.1. The summed E-state index contributed by atoms with van der Waals surface area (Å²) >= 11 is 0. The Kier molecular flexibility index (Phi) is 1.46. The molecule has 1 N–H and O–H groups in total. The third kappa shape index (κ3) is 0.956. The molecule has 1 spiro atoms. The van der Waals surface area contributed by atoms with Gasteiger partial charge in [-0.2, -0.15) is 0 Å². The van der Waals surface area contributed by atoms with E-state index in [1.54, 1.807) is 0 Å². The van der Waals surface area contributed by atoms with Crippen LogP contribution in [0.3, 0.4) is 0 Å². The van der Waals surface area contributed by atoms with E-state index in [4.69, 9.17) is 0 Å². The zero-order chi connectivity index (χ0) is 7.03. The van der Waals surface area contributed by atoms with Crippen LogP contribution in [0.5, 0.6) is 0 Å². The van der Waals surface area contributed by atoms with Gasteiger partial charge in [0.1, 0.15) is 0 Å². The second-order valence-electron chi connectivity index (χ2n) is 3.69. The van der Waals surface area contributed by atoms with Crippen LogP contribution in [0.4, 0.5) is 0 Å². The Balaban J connectivity index is 1.90. The summed E-state index contributed by atoms with van der Waals surface area (Å²) in [7, 11) is 2.21. The third-order valence-corrected chi connectivity index (χ3v) is 2.85. The lowest BCUT2D eigenvalue weighted by molar-refractivity contribution is 0.102. The van der Waals surface area contributed by atoms with E-state index in [2.05, 4.69) is 23.8 Å². The van der Waals surface area contributed by atoms with E-state index in [0.29, 0.717) is 5.41 Å². The van der Waals surface area contributed by atoms with Gasteiger partial charge in [-0.1, -0.05) is 0 Å². The predicted molar refractivity (Wildman–Crippen MR) is 41.5 cm³/mol. The summed E-state index contributed by atoms with van der Waals surface area (Å²) in [4.78, 5) is 2.41. The summed E-state index contributed by atoms with van der Waals surface area (Å²) in [6.07, 6.45) is 2.72. The molecule has 0 saturated carbocycles. The molecular formula is C8H15N2. The first-order chi connectivity index (χ1) is 4.81. The van der Waals surface area contributed by atoms with Gasteiger partial charge in [0.2, 0.25) is 0 Å². The van der Waals surface area contributed by atoms with Gasteiger partial charge in [-0.05, 0) is 33.0 Å². The molecule has 2 saturated heterocycles. The molecule has 0 aliphatic carbocycles. The third-order valence-electron chi connectivity index (χ3n) is 2.85. The van der Waals surface area contributed by atoms with Crippen LogP contribution in [0.2, 0.25) is 0 Å². The van der Waals surface area contributed by atoms with Gasteiger partial charge >= 0.3 is 0 Å². The quantitative estimate of drug-likeness (QED) is 0.524. The molecule has 2 heteroatoms. The van der Waals surface area contributed by atoms with Gasteiger partial charge in [-0.25, -0.2) is 0 Å². The minimum atomic E-state index is 0.604. The van der Waals surface area contributed by atoms with Crippen LogP contribution < -0.4 is 5.32 Å². The second kappa shape index (κ2) is 2.21. The molecule has 2 heterocycles. The molecule has 2 nitrogen and oxygen atoms in total. The average Bonchev–Trinajstić information content (AvgIpc) is 1.86. The lowest BCUT2D eigenvalue weighted by atomic mass is 9.74. The van der Waals surface area contributed by atoms with Crippen LogP contribution >= 0.6 is 0 Å². The van der Waals surface area contributed by atoms with E-state index in [1.165, 1.54) is 32.5 Å². The topological polar surface area (TPSA) is 15.3 Å². The highest BCUT2D eigenvalue weighted by Gasteiger charge is 2.39. The van der Waals surface area contributed by atoms with Crippen LogP contribution in [0.25, 0.3) is 0 Å². The Morgan fingerprint density at radius 2 is 2.00 bits per heavy atom. The average molecular weight is 139 g/mol. The summed E-state index contributed by atoms with van der Waals surface area (Å²) in [6, 6.07) is 0. The smallest absolute Gasteiger partial charge is 0.0296 e. The molecule has 2 rings (SSSR count). The molecule has 0 aromatic rings. The number of hydrogen-bond acceptors (Lipinski definition) is 2. The van der Waals surface area contributed by atoms with E-state index < -0.39 is 0 Å². The zero-order valence-corrected chi connectivity index (χ0v) is 6.56. The number of hydrogen-bond donors (Lipinski definition) is 1. The highest BCUT2D eigenvalue weighted by molar-refractivity contribution is 5.04. The van der Waals surface area contributed by atoms with Crippen molar-refractivity contribution in [3.63, 3.8) is 0 Å². The van der Waals surface area contributed by atoms with Crippen molar-refractivity contribution in [3.05, 3.63) is 6.54 Å². The zero-order valence-electron chi connectivity index (χ0n) is 6.56. The Morgan fingerprint density at radius 1 is 1.40 bits per heavy atom. The monoisotopic (exact) mass is 139 g/mol. The molecule has 2 aliphatic heterocycles. The fraction of sp³-hybridized carbons (Fsp3) is 0.875. The van der Waals surface area contributed by atoms with E-state index in [1.807, 2.05) is 0 Å². The van der Waals surface area contributed by atoms with Crippen LogP contribution in [-0.2, 0) is 0 Å². The van der Waals surface area contributed by atoms with Gasteiger partial charge in [0, 0.05) is 18.5 Å². The molecule has 0 unspecified atom stereocenters. The molecule has 10 heavy (non-hydrogen) atoms.